The molecule has 4 aromatic rings. The quantitative estimate of drug-likeness (QED) is 0.0499. The molecule has 1 saturated heterocycles. The minimum Gasteiger partial charge on any atom is -0.507 e. The lowest BCUT2D eigenvalue weighted by atomic mass is 9.95. The third kappa shape index (κ3) is 6.00. The molecule has 0 spiro atoms. The maximum Gasteiger partial charge on any atom is 0.301 e. The third-order valence-corrected chi connectivity index (χ3v) is 9.46. The predicted molar refractivity (Wildman–Crippen MR) is 170 cm³/mol. The summed E-state index contributed by atoms with van der Waals surface area (Å²) >= 11 is 14.9. The molecule has 3 heterocycles. The van der Waals surface area contributed by atoms with Gasteiger partial charge in [0.15, 0.2) is 15.8 Å². The largest absolute Gasteiger partial charge is 0.507 e. The van der Waals surface area contributed by atoms with E-state index in [9.17, 15) is 14.7 Å². The fourth-order valence-corrected chi connectivity index (χ4v) is 7.18. The van der Waals surface area contributed by atoms with E-state index in [2.05, 4.69) is 16.8 Å². The minimum absolute atomic E-state index is 0.107. The van der Waals surface area contributed by atoms with Crippen LogP contribution < -0.4 is 19.1 Å². The number of rotatable bonds is 9. The Bertz CT molecular complexity index is 1810. The number of ketones is 1. The number of benzene rings is 3. The molecule has 1 amide bonds. The number of ether oxygens (including phenoxy) is 3. The summed E-state index contributed by atoms with van der Waals surface area (Å²) in [4.78, 5) is 28.5. The molecule has 0 saturated carbocycles. The van der Waals surface area contributed by atoms with Crippen molar-refractivity contribution in [1.82, 2.24) is 10.2 Å². The Morgan fingerprint density at radius 1 is 1.09 bits per heavy atom. The zero-order valence-electron chi connectivity index (χ0n) is 22.9. The Labute approximate surface area is 270 Å². The topological polar surface area (TPSA) is 111 Å². The van der Waals surface area contributed by atoms with Crippen LogP contribution in [0.1, 0.15) is 22.7 Å². The molecule has 0 bridgehead atoms. The van der Waals surface area contributed by atoms with Gasteiger partial charge in [0.2, 0.25) is 5.13 Å². The van der Waals surface area contributed by atoms with Gasteiger partial charge in [-0.2, -0.15) is 0 Å². The zero-order valence-corrected chi connectivity index (χ0v) is 26.0. The number of aromatic nitrogens is 2. The van der Waals surface area contributed by atoms with Crippen LogP contribution in [-0.4, -0.2) is 46.8 Å². The molecule has 1 atom stereocenters. The smallest absolute Gasteiger partial charge is 0.301 e. The van der Waals surface area contributed by atoms with E-state index < -0.39 is 17.7 Å². The number of anilines is 1. The SMILES string of the molecule is C=CCOc1cccc([C@H]2C(=C(O)c3ccc4c(c3)OCCO4)C(=O)C(=O)N2c2nnc(SCc3ccc(Cl)cc3Cl)s2)c1. The van der Waals surface area contributed by atoms with E-state index in [4.69, 9.17) is 37.4 Å². The molecular weight excluding hydrogens is 645 g/mol. The van der Waals surface area contributed by atoms with Gasteiger partial charge in [0.05, 0.1) is 11.6 Å². The van der Waals surface area contributed by atoms with Crippen molar-refractivity contribution in [3.8, 4) is 17.2 Å². The van der Waals surface area contributed by atoms with E-state index in [-0.39, 0.29) is 23.1 Å². The number of hydrogen-bond acceptors (Lipinski definition) is 10. The monoisotopic (exact) mass is 667 g/mol. The van der Waals surface area contributed by atoms with E-state index >= 15 is 0 Å². The highest BCUT2D eigenvalue weighted by atomic mass is 35.5. The molecule has 0 radical (unpaired) electrons. The van der Waals surface area contributed by atoms with Gasteiger partial charge in [0.1, 0.15) is 31.3 Å². The van der Waals surface area contributed by atoms with Gasteiger partial charge in [0.25, 0.3) is 5.78 Å². The molecule has 2 aliphatic heterocycles. The fourth-order valence-electron chi connectivity index (χ4n) is 4.76. The summed E-state index contributed by atoms with van der Waals surface area (Å²) in [6.07, 6.45) is 1.61. The first-order chi connectivity index (χ1) is 21.3. The molecule has 6 rings (SSSR count). The van der Waals surface area contributed by atoms with Gasteiger partial charge >= 0.3 is 5.91 Å². The van der Waals surface area contributed by atoms with E-state index in [1.807, 2.05) is 6.07 Å². The number of hydrogen-bond donors (Lipinski definition) is 1. The maximum absolute atomic E-state index is 13.6. The number of aliphatic hydroxyl groups excluding tert-OH is 1. The van der Waals surface area contributed by atoms with Gasteiger partial charge in [0, 0.05) is 21.4 Å². The van der Waals surface area contributed by atoms with Gasteiger partial charge in [-0.1, -0.05) is 77.2 Å². The van der Waals surface area contributed by atoms with Crippen molar-refractivity contribution in [2.45, 2.75) is 16.1 Å². The average molecular weight is 669 g/mol. The molecule has 44 heavy (non-hydrogen) atoms. The average Bonchev–Trinajstić information content (AvgIpc) is 3.60. The highest BCUT2D eigenvalue weighted by molar-refractivity contribution is 8.00. The number of Topliss-reactive ketones (excluding diaryl/α,β-unsaturated/α-hetero) is 1. The lowest BCUT2D eigenvalue weighted by Crippen LogP contribution is -2.29. The van der Waals surface area contributed by atoms with Crippen molar-refractivity contribution < 1.29 is 28.9 Å². The molecule has 1 N–H and O–H groups in total. The summed E-state index contributed by atoms with van der Waals surface area (Å²) in [7, 11) is 0. The first-order valence-corrected chi connectivity index (χ1v) is 15.8. The highest BCUT2D eigenvalue weighted by Gasteiger charge is 2.48. The molecule has 2 aliphatic rings. The number of halogens is 2. The number of thioether (sulfide) groups is 1. The van der Waals surface area contributed by atoms with Crippen LogP contribution in [0.2, 0.25) is 10.0 Å². The van der Waals surface area contributed by atoms with Crippen LogP contribution in [0, 0.1) is 0 Å². The second kappa shape index (κ2) is 12.9. The lowest BCUT2D eigenvalue weighted by Gasteiger charge is -2.23. The van der Waals surface area contributed by atoms with Crippen LogP contribution in [0.4, 0.5) is 5.13 Å². The summed E-state index contributed by atoms with van der Waals surface area (Å²) < 4.78 is 17.5. The van der Waals surface area contributed by atoms with E-state index in [1.165, 1.54) is 16.7 Å². The summed E-state index contributed by atoms with van der Waals surface area (Å²) in [5.74, 6) is -0.132. The molecule has 1 aromatic heterocycles. The van der Waals surface area contributed by atoms with Crippen molar-refractivity contribution in [3.05, 3.63) is 106 Å². The van der Waals surface area contributed by atoms with Crippen molar-refractivity contribution in [3.63, 3.8) is 0 Å². The van der Waals surface area contributed by atoms with Crippen molar-refractivity contribution in [2.24, 2.45) is 0 Å². The van der Waals surface area contributed by atoms with Gasteiger partial charge in [-0.05, 0) is 53.6 Å². The normalized spacial score (nSPS) is 17.1. The number of amides is 1. The fraction of sp³-hybridized carbons (Fsp3) is 0.161. The lowest BCUT2D eigenvalue weighted by molar-refractivity contribution is -0.132. The third-order valence-electron chi connectivity index (χ3n) is 6.77. The zero-order chi connectivity index (χ0) is 30.8. The summed E-state index contributed by atoms with van der Waals surface area (Å²) in [6.45, 7) is 4.69. The Morgan fingerprint density at radius 2 is 1.91 bits per heavy atom. The molecule has 3 aromatic carbocycles. The van der Waals surface area contributed by atoms with Crippen LogP contribution in [0.15, 0.2) is 83.2 Å². The number of nitrogens with zero attached hydrogens (tertiary/aromatic N) is 3. The summed E-state index contributed by atoms with van der Waals surface area (Å²) in [6, 6.07) is 16.0. The molecule has 9 nitrogen and oxygen atoms in total. The summed E-state index contributed by atoms with van der Waals surface area (Å²) in [5.41, 5.74) is 1.57. The second-order valence-corrected chi connectivity index (χ2v) is 12.6. The first kappa shape index (κ1) is 30.0. The molecule has 224 valence electrons. The van der Waals surface area contributed by atoms with Crippen molar-refractivity contribution in [1.29, 1.82) is 0 Å². The van der Waals surface area contributed by atoms with E-state index in [1.54, 1.807) is 60.7 Å². The minimum atomic E-state index is -1.02. The van der Waals surface area contributed by atoms with Gasteiger partial charge < -0.3 is 19.3 Å². The number of aliphatic hydroxyl groups is 1. The Morgan fingerprint density at radius 3 is 2.70 bits per heavy atom. The van der Waals surface area contributed by atoms with Crippen molar-refractivity contribution >= 4 is 68.9 Å². The Balaban J connectivity index is 1.39. The van der Waals surface area contributed by atoms with Crippen LogP contribution in [0.25, 0.3) is 5.76 Å². The molecule has 0 unspecified atom stereocenters. The predicted octanol–water partition coefficient (Wildman–Crippen LogP) is 7.10. The van der Waals surface area contributed by atoms with Crippen LogP contribution >= 0.6 is 46.3 Å². The Hall–Kier alpha value is -4.03. The number of carbonyl (C=O) groups excluding carboxylic acids is 2. The Kier molecular flexibility index (Phi) is 8.81. The highest BCUT2D eigenvalue weighted by Crippen LogP contribution is 2.45. The molecule has 13 heteroatoms. The first-order valence-electron chi connectivity index (χ1n) is 13.3. The maximum atomic E-state index is 13.6. The van der Waals surface area contributed by atoms with Crippen LogP contribution in [-0.2, 0) is 15.3 Å². The van der Waals surface area contributed by atoms with Crippen molar-refractivity contribution in [2.75, 3.05) is 24.7 Å². The van der Waals surface area contributed by atoms with E-state index in [0.29, 0.717) is 61.7 Å². The number of fused-ring (bicyclic) bond motifs is 1. The molecule has 1 fully saturated rings. The molecule has 0 aliphatic carbocycles. The van der Waals surface area contributed by atoms with Gasteiger partial charge in [-0.25, -0.2) is 0 Å². The second-order valence-electron chi connectivity index (χ2n) is 9.57. The van der Waals surface area contributed by atoms with Gasteiger partial charge in [-0.15, -0.1) is 10.2 Å². The van der Waals surface area contributed by atoms with E-state index in [0.717, 1.165) is 16.9 Å². The standard InChI is InChI=1S/C31H23Cl2N3O6S2/c1-2-10-40-21-5-3-4-17(13-21)26-25(27(37)18-7-9-23-24(14-18)42-12-11-41-23)28(38)29(39)36(26)30-34-35-31(44-30)43-16-19-6-8-20(32)15-22(19)33/h2-9,13-15,26,37H,1,10-12,16H2/t26-/m0/s1. The summed E-state index contributed by atoms with van der Waals surface area (Å²) in [5, 5.41) is 21.3. The number of carbonyl (C=O) groups is 2. The van der Waals surface area contributed by atoms with Crippen LogP contribution in [0.5, 0.6) is 17.2 Å². The van der Waals surface area contributed by atoms with Crippen LogP contribution in [0.3, 0.4) is 0 Å². The molecular formula is C31H23Cl2N3O6S2. The van der Waals surface area contributed by atoms with Gasteiger partial charge in [-0.3, -0.25) is 14.5 Å².